The predicted molar refractivity (Wildman–Crippen MR) is 81.4 cm³/mol. The highest BCUT2D eigenvalue weighted by Crippen LogP contribution is 2.27. The molecule has 0 bridgehead atoms. The van der Waals surface area contributed by atoms with Gasteiger partial charge in [-0.1, -0.05) is 26.0 Å². The number of hydrogen-bond donors (Lipinski definition) is 2. The second-order valence-electron chi connectivity index (χ2n) is 4.75. The number of nitrogens with zero attached hydrogens (tertiary/aromatic N) is 2. The van der Waals surface area contributed by atoms with Gasteiger partial charge in [0, 0.05) is 12.0 Å². The van der Waals surface area contributed by atoms with Crippen molar-refractivity contribution in [3.05, 3.63) is 36.2 Å². The van der Waals surface area contributed by atoms with Crippen LogP contribution >= 0.6 is 0 Å². The standard InChI is InChI=1S/C15H20N4O/c1-4-20-12-8-6-5-7-11(12)17-14-9-13(16)18-15(19-14)10(2)3/h5-10H,4H2,1-3H3,(H3,16,17,18,19). The van der Waals surface area contributed by atoms with E-state index in [4.69, 9.17) is 10.5 Å². The summed E-state index contributed by atoms with van der Waals surface area (Å²) in [6, 6.07) is 9.45. The van der Waals surface area contributed by atoms with Crippen molar-refractivity contribution in [1.82, 2.24) is 9.97 Å². The van der Waals surface area contributed by atoms with Crippen molar-refractivity contribution < 1.29 is 4.74 Å². The smallest absolute Gasteiger partial charge is 0.142 e. The maximum absolute atomic E-state index is 5.83. The number of hydrogen-bond acceptors (Lipinski definition) is 5. The normalized spacial score (nSPS) is 10.6. The monoisotopic (exact) mass is 272 g/mol. The quantitative estimate of drug-likeness (QED) is 0.873. The molecular weight excluding hydrogens is 252 g/mol. The van der Waals surface area contributed by atoms with Gasteiger partial charge in [0.1, 0.15) is 23.2 Å². The van der Waals surface area contributed by atoms with Crippen molar-refractivity contribution in [2.45, 2.75) is 26.7 Å². The molecule has 0 aliphatic carbocycles. The molecule has 20 heavy (non-hydrogen) atoms. The summed E-state index contributed by atoms with van der Waals surface area (Å²) < 4.78 is 5.58. The first-order chi connectivity index (χ1) is 9.60. The Kier molecular flexibility index (Phi) is 4.40. The van der Waals surface area contributed by atoms with Crippen LogP contribution in [-0.2, 0) is 0 Å². The molecule has 0 aliphatic heterocycles. The molecule has 0 unspecified atom stereocenters. The maximum atomic E-state index is 5.83. The van der Waals surface area contributed by atoms with Gasteiger partial charge in [-0.3, -0.25) is 0 Å². The first-order valence-corrected chi connectivity index (χ1v) is 6.73. The largest absolute Gasteiger partial charge is 0.492 e. The highest BCUT2D eigenvalue weighted by Gasteiger charge is 2.08. The van der Waals surface area contributed by atoms with Crippen LogP contribution in [0, 0.1) is 0 Å². The molecule has 0 radical (unpaired) electrons. The number of ether oxygens (including phenoxy) is 1. The number of aromatic nitrogens is 2. The van der Waals surface area contributed by atoms with Crippen molar-refractivity contribution in [3.63, 3.8) is 0 Å². The van der Waals surface area contributed by atoms with Gasteiger partial charge in [0.05, 0.1) is 12.3 Å². The Hall–Kier alpha value is -2.30. The predicted octanol–water partition coefficient (Wildman–Crippen LogP) is 3.32. The first kappa shape index (κ1) is 14.1. The number of nitrogens with one attached hydrogen (secondary N) is 1. The molecule has 0 spiro atoms. The molecule has 2 rings (SSSR count). The number of nitrogens with two attached hydrogens (primary N) is 1. The average Bonchev–Trinajstić information content (AvgIpc) is 2.40. The lowest BCUT2D eigenvalue weighted by Crippen LogP contribution is -2.05. The van der Waals surface area contributed by atoms with Gasteiger partial charge in [0.25, 0.3) is 0 Å². The van der Waals surface area contributed by atoms with Crippen molar-refractivity contribution >= 4 is 17.3 Å². The van der Waals surface area contributed by atoms with E-state index in [9.17, 15) is 0 Å². The van der Waals surface area contributed by atoms with E-state index in [1.165, 1.54) is 0 Å². The average molecular weight is 272 g/mol. The molecule has 3 N–H and O–H groups in total. The van der Waals surface area contributed by atoms with Gasteiger partial charge in [0.2, 0.25) is 0 Å². The maximum Gasteiger partial charge on any atom is 0.142 e. The summed E-state index contributed by atoms with van der Waals surface area (Å²) >= 11 is 0. The second-order valence-corrected chi connectivity index (χ2v) is 4.75. The van der Waals surface area contributed by atoms with E-state index < -0.39 is 0 Å². The van der Waals surface area contributed by atoms with Gasteiger partial charge in [-0.05, 0) is 19.1 Å². The van der Waals surface area contributed by atoms with E-state index in [0.29, 0.717) is 18.2 Å². The minimum atomic E-state index is 0.223. The van der Waals surface area contributed by atoms with Gasteiger partial charge < -0.3 is 15.8 Å². The molecule has 0 amide bonds. The van der Waals surface area contributed by atoms with E-state index in [-0.39, 0.29) is 5.92 Å². The SMILES string of the molecule is CCOc1ccccc1Nc1cc(N)nc(C(C)C)n1. The molecule has 1 aromatic carbocycles. The molecule has 0 saturated carbocycles. The molecule has 2 aromatic rings. The van der Waals surface area contributed by atoms with Gasteiger partial charge in [-0.2, -0.15) is 0 Å². The topological polar surface area (TPSA) is 73.1 Å². The molecule has 0 saturated heterocycles. The third kappa shape index (κ3) is 3.38. The van der Waals surface area contributed by atoms with Gasteiger partial charge >= 0.3 is 0 Å². The third-order valence-corrected chi connectivity index (χ3v) is 2.73. The summed E-state index contributed by atoms with van der Waals surface area (Å²) in [4.78, 5) is 8.70. The molecule has 0 aliphatic rings. The fourth-order valence-corrected chi connectivity index (χ4v) is 1.80. The van der Waals surface area contributed by atoms with Crippen LogP contribution in [0.1, 0.15) is 32.5 Å². The van der Waals surface area contributed by atoms with Crippen LogP contribution < -0.4 is 15.8 Å². The molecule has 5 heteroatoms. The Morgan fingerprint density at radius 3 is 2.70 bits per heavy atom. The Bertz CT molecular complexity index is 584. The Morgan fingerprint density at radius 2 is 2.00 bits per heavy atom. The Labute approximate surface area is 119 Å². The minimum Gasteiger partial charge on any atom is -0.492 e. The number of rotatable bonds is 5. The lowest BCUT2D eigenvalue weighted by Gasteiger charge is -2.13. The number of anilines is 3. The van der Waals surface area contributed by atoms with Crippen LogP contribution in [0.2, 0.25) is 0 Å². The van der Waals surface area contributed by atoms with Crippen molar-refractivity contribution in [2.24, 2.45) is 0 Å². The van der Waals surface area contributed by atoms with Gasteiger partial charge in [-0.15, -0.1) is 0 Å². The first-order valence-electron chi connectivity index (χ1n) is 6.73. The summed E-state index contributed by atoms with van der Waals surface area (Å²) in [6.07, 6.45) is 0. The molecule has 0 fully saturated rings. The molecule has 106 valence electrons. The summed E-state index contributed by atoms with van der Waals surface area (Å²) in [5, 5.41) is 3.24. The Balaban J connectivity index is 2.30. The summed E-state index contributed by atoms with van der Waals surface area (Å²) in [5.74, 6) is 2.87. The fraction of sp³-hybridized carbons (Fsp3) is 0.333. The summed E-state index contributed by atoms with van der Waals surface area (Å²) in [6.45, 7) is 6.64. The zero-order chi connectivity index (χ0) is 14.5. The zero-order valence-electron chi connectivity index (χ0n) is 12.1. The van der Waals surface area contributed by atoms with Crippen LogP contribution in [0.25, 0.3) is 0 Å². The summed E-state index contributed by atoms with van der Waals surface area (Å²) in [5.41, 5.74) is 6.69. The molecule has 1 aromatic heterocycles. The van der Waals surface area contributed by atoms with Gasteiger partial charge in [0.15, 0.2) is 0 Å². The van der Waals surface area contributed by atoms with Crippen LogP contribution in [0.4, 0.5) is 17.3 Å². The summed E-state index contributed by atoms with van der Waals surface area (Å²) in [7, 11) is 0. The van der Waals surface area contributed by atoms with E-state index in [2.05, 4.69) is 15.3 Å². The van der Waals surface area contributed by atoms with Crippen LogP contribution in [-0.4, -0.2) is 16.6 Å². The van der Waals surface area contributed by atoms with Gasteiger partial charge in [-0.25, -0.2) is 9.97 Å². The molecule has 1 heterocycles. The van der Waals surface area contributed by atoms with Crippen LogP contribution in [0.15, 0.2) is 30.3 Å². The van der Waals surface area contributed by atoms with Crippen molar-refractivity contribution in [2.75, 3.05) is 17.7 Å². The number of para-hydroxylation sites is 2. The third-order valence-electron chi connectivity index (χ3n) is 2.73. The molecule has 0 atom stereocenters. The zero-order valence-corrected chi connectivity index (χ0v) is 12.1. The van der Waals surface area contributed by atoms with E-state index in [1.54, 1.807) is 6.07 Å². The van der Waals surface area contributed by atoms with E-state index >= 15 is 0 Å². The highest BCUT2D eigenvalue weighted by atomic mass is 16.5. The second kappa shape index (κ2) is 6.23. The molecular formula is C15H20N4O. The van der Waals surface area contributed by atoms with Crippen LogP contribution in [0.3, 0.4) is 0 Å². The number of benzene rings is 1. The minimum absolute atomic E-state index is 0.223. The van der Waals surface area contributed by atoms with Crippen molar-refractivity contribution in [1.29, 1.82) is 0 Å². The fourth-order valence-electron chi connectivity index (χ4n) is 1.80. The highest BCUT2D eigenvalue weighted by molar-refractivity contribution is 5.65. The van der Waals surface area contributed by atoms with E-state index in [0.717, 1.165) is 17.3 Å². The lowest BCUT2D eigenvalue weighted by atomic mass is 10.2. The Morgan fingerprint density at radius 1 is 1.25 bits per heavy atom. The molecule has 5 nitrogen and oxygen atoms in total. The number of nitrogen functional groups attached to an aromatic ring is 1. The van der Waals surface area contributed by atoms with Crippen molar-refractivity contribution in [3.8, 4) is 5.75 Å². The lowest BCUT2D eigenvalue weighted by molar-refractivity contribution is 0.342. The van der Waals surface area contributed by atoms with Crippen LogP contribution in [0.5, 0.6) is 5.75 Å². The van der Waals surface area contributed by atoms with E-state index in [1.807, 2.05) is 45.0 Å².